The molecule has 0 spiro atoms. The normalized spacial score (nSPS) is 23.8. The summed E-state index contributed by atoms with van der Waals surface area (Å²) < 4.78 is 0. The quantitative estimate of drug-likeness (QED) is 0.640. The Labute approximate surface area is 127 Å². The van der Waals surface area contributed by atoms with E-state index in [-0.39, 0.29) is 24.3 Å². The Bertz CT molecular complexity index is 336. The Morgan fingerprint density at radius 3 is 2.33 bits per heavy atom. The second-order valence-corrected chi connectivity index (χ2v) is 6.63. The molecule has 1 unspecified atom stereocenters. The zero-order chi connectivity index (χ0) is 15.8. The van der Waals surface area contributed by atoms with E-state index in [9.17, 15) is 9.59 Å². The van der Waals surface area contributed by atoms with E-state index in [1.165, 1.54) is 0 Å². The van der Waals surface area contributed by atoms with Crippen molar-refractivity contribution in [2.45, 2.75) is 64.8 Å². The molecule has 1 aliphatic carbocycles. The third-order valence-corrected chi connectivity index (χ3v) is 4.63. The molecule has 122 valence electrons. The predicted octanol–water partition coefficient (Wildman–Crippen LogP) is 2.15. The highest BCUT2D eigenvalue weighted by Gasteiger charge is 2.24. The monoisotopic (exact) mass is 298 g/mol. The first-order valence-electron chi connectivity index (χ1n) is 8.15. The van der Waals surface area contributed by atoms with Crippen LogP contribution in [0.15, 0.2) is 0 Å². The Morgan fingerprint density at radius 2 is 1.81 bits per heavy atom. The fourth-order valence-corrected chi connectivity index (χ4v) is 3.03. The number of aliphatic carboxylic acids is 1. The maximum atomic E-state index is 12.1. The first-order valence-corrected chi connectivity index (χ1v) is 8.15. The summed E-state index contributed by atoms with van der Waals surface area (Å²) in [6.45, 7) is 4.86. The molecule has 0 aromatic heterocycles. The topological polar surface area (TPSA) is 92.4 Å². The summed E-state index contributed by atoms with van der Waals surface area (Å²) in [5.41, 5.74) is 5.85. The number of carboxylic acid groups (broad SMARTS) is 1. The lowest BCUT2D eigenvalue weighted by atomic mass is 9.85. The summed E-state index contributed by atoms with van der Waals surface area (Å²) >= 11 is 0. The largest absolute Gasteiger partial charge is 0.481 e. The van der Waals surface area contributed by atoms with Gasteiger partial charge in [-0.3, -0.25) is 9.59 Å². The minimum Gasteiger partial charge on any atom is -0.481 e. The van der Waals surface area contributed by atoms with Gasteiger partial charge in [0.05, 0.1) is 0 Å². The lowest BCUT2D eigenvalue weighted by molar-refractivity contribution is -0.137. The van der Waals surface area contributed by atoms with Gasteiger partial charge in [-0.05, 0) is 50.4 Å². The molecule has 1 fully saturated rings. The Hall–Kier alpha value is -1.10. The second-order valence-electron chi connectivity index (χ2n) is 6.63. The van der Waals surface area contributed by atoms with E-state index in [4.69, 9.17) is 10.8 Å². The molecule has 4 N–H and O–H groups in total. The molecule has 0 aromatic rings. The van der Waals surface area contributed by atoms with Crippen LogP contribution in [0.1, 0.15) is 58.8 Å². The summed E-state index contributed by atoms with van der Waals surface area (Å²) in [5, 5.41) is 11.8. The molecule has 1 rings (SSSR count). The number of rotatable bonds is 8. The van der Waals surface area contributed by atoms with Crippen LogP contribution in [0.5, 0.6) is 0 Å². The van der Waals surface area contributed by atoms with Crippen molar-refractivity contribution in [2.75, 3.05) is 6.54 Å². The molecular weight excluding hydrogens is 268 g/mol. The van der Waals surface area contributed by atoms with Crippen LogP contribution in [0.3, 0.4) is 0 Å². The van der Waals surface area contributed by atoms with Crippen LogP contribution in [0.4, 0.5) is 0 Å². The highest BCUT2D eigenvalue weighted by molar-refractivity contribution is 5.78. The van der Waals surface area contributed by atoms with E-state index in [1.54, 1.807) is 0 Å². The molecule has 0 aromatic carbocycles. The van der Waals surface area contributed by atoms with Gasteiger partial charge in [0.15, 0.2) is 0 Å². The maximum Gasteiger partial charge on any atom is 0.303 e. The number of nitrogens with one attached hydrogen (secondary N) is 1. The summed E-state index contributed by atoms with van der Waals surface area (Å²) in [5.74, 6) is 0.294. The molecule has 5 heteroatoms. The molecule has 21 heavy (non-hydrogen) atoms. The van der Waals surface area contributed by atoms with Crippen molar-refractivity contribution >= 4 is 11.9 Å². The smallest absolute Gasteiger partial charge is 0.303 e. The number of carbonyl (C=O) groups excluding carboxylic acids is 1. The van der Waals surface area contributed by atoms with Crippen molar-refractivity contribution in [3.05, 3.63) is 0 Å². The Kier molecular flexibility index (Phi) is 7.72. The first-order chi connectivity index (χ1) is 9.90. The zero-order valence-corrected chi connectivity index (χ0v) is 13.3. The van der Waals surface area contributed by atoms with Crippen LogP contribution < -0.4 is 11.1 Å². The third kappa shape index (κ3) is 6.93. The lowest BCUT2D eigenvalue weighted by Gasteiger charge is -2.26. The van der Waals surface area contributed by atoms with Gasteiger partial charge in [-0.25, -0.2) is 0 Å². The molecule has 0 heterocycles. The average molecular weight is 298 g/mol. The van der Waals surface area contributed by atoms with Gasteiger partial charge in [-0.1, -0.05) is 13.8 Å². The highest BCUT2D eigenvalue weighted by atomic mass is 16.4. The number of hydrogen-bond donors (Lipinski definition) is 3. The highest BCUT2D eigenvalue weighted by Crippen LogP contribution is 2.24. The molecule has 1 saturated carbocycles. The first kappa shape index (κ1) is 18.0. The van der Waals surface area contributed by atoms with Gasteiger partial charge in [-0.15, -0.1) is 0 Å². The fourth-order valence-electron chi connectivity index (χ4n) is 3.03. The van der Waals surface area contributed by atoms with Crippen molar-refractivity contribution in [3.63, 3.8) is 0 Å². The number of carboxylic acids is 1. The minimum atomic E-state index is -0.747. The molecule has 0 bridgehead atoms. The molecule has 1 atom stereocenters. The van der Waals surface area contributed by atoms with Crippen molar-refractivity contribution in [2.24, 2.45) is 23.5 Å². The van der Waals surface area contributed by atoms with Crippen LogP contribution >= 0.6 is 0 Å². The molecule has 1 amide bonds. The zero-order valence-electron chi connectivity index (χ0n) is 13.3. The van der Waals surface area contributed by atoms with Crippen molar-refractivity contribution < 1.29 is 14.7 Å². The van der Waals surface area contributed by atoms with E-state index in [2.05, 4.69) is 19.2 Å². The van der Waals surface area contributed by atoms with E-state index in [0.717, 1.165) is 32.1 Å². The Morgan fingerprint density at radius 1 is 1.19 bits per heavy atom. The van der Waals surface area contributed by atoms with Gasteiger partial charge in [-0.2, -0.15) is 0 Å². The number of hydrogen-bond acceptors (Lipinski definition) is 3. The van der Waals surface area contributed by atoms with E-state index < -0.39 is 5.97 Å². The van der Waals surface area contributed by atoms with Crippen molar-refractivity contribution in [1.29, 1.82) is 0 Å². The summed E-state index contributed by atoms with van der Waals surface area (Å²) in [7, 11) is 0. The number of amides is 1. The van der Waals surface area contributed by atoms with Crippen LogP contribution in [-0.4, -0.2) is 29.6 Å². The van der Waals surface area contributed by atoms with Crippen molar-refractivity contribution in [3.8, 4) is 0 Å². The van der Waals surface area contributed by atoms with Gasteiger partial charge in [0, 0.05) is 24.9 Å². The molecule has 5 nitrogen and oxygen atoms in total. The fraction of sp³-hybridized carbons (Fsp3) is 0.875. The summed E-state index contributed by atoms with van der Waals surface area (Å²) in [6, 6.07) is 0.260. The van der Waals surface area contributed by atoms with Crippen LogP contribution in [0.25, 0.3) is 0 Å². The van der Waals surface area contributed by atoms with Gasteiger partial charge >= 0.3 is 5.97 Å². The number of nitrogens with two attached hydrogens (primary N) is 1. The minimum absolute atomic E-state index is 0.112. The summed E-state index contributed by atoms with van der Waals surface area (Å²) in [6.07, 6.45) is 5.39. The molecule has 0 radical (unpaired) electrons. The molecule has 1 aliphatic rings. The van der Waals surface area contributed by atoms with E-state index >= 15 is 0 Å². The van der Waals surface area contributed by atoms with E-state index in [1.807, 2.05) is 0 Å². The van der Waals surface area contributed by atoms with Gasteiger partial charge in [0.2, 0.25) is 5.91 Å². The lowest BCUT2D eigenvalue weighted by Crippen LogP contribution is -2.37. The maximum absolute atomic E-state index is 12.1. The van der Waals surface area contributed by atoms with Gasteiger partial charge in [0.1, 0.15) is 0 Å². The van der Waals surface area contributed by atoms with Gasteiger partial charge in [0.25, 0.3) is 0 Å². The predicted molar refractivity (Wildman–Crippen MR) is 82.8 cm³/mol. The molecular formula is C16H30N2O3. The van der Waals surface area contributed by atoms with Crippen LogP contribution in [-0.2, 0) is 9.59 Å². The Balaban J connectivity index is 2.26. The standard InChI is InChI=1S/C16H30N2O3/c1-11(2)12(5-8-15(19)20)9-10-18-16(21)13-3-6-14(17)7-4-13/h11-14H,3-10,17H2,1-2H3,(H,18,21)(H,19,20). The molecule has 0 saturated heterocycles. The van der Waals surface area contributed by atoms with Crippen LogP contribution in [0, 0.1) is 17.8 Å². The summed E-state index contributed by atoms with van der Waals surface area (Å²) in [4.78, 5) is 22.7. The third-order valence-electron chi connectivity index (χ3n) is 4.63. The van der Waals surface area contributed by atoms with Gasteiger partial charge < -0.3 is 16.2 Å². The van der Waals surface area contributed by atoms with Crippen molar-refractivity contribution in [1.82, 2.24) is 5.32 Å². The molecule has 0 aliphatic heterocycles. The number of carbonyl (C=O) groups is 2. The average Bonchev–Trinajstić information content (AvgIpc) is 2.42. The SMILES string of the molecule is CC(C)C(CCNC(=O)C1CCC(N)CC1)CCC(=O)O. The second kappa shape index (κ2) is 9.03. The van der Waals surface area contributed by atoms with E-state index in [0.29, 0.717) is 24.8 Å². The van der Waals surface area contributed by atoms with Crippen LogP contribution in [0.2, 0.25) is 0 Å².